The third-order valence-electron chi connectivity index (χ3n) is 9.55. The minimum Gasteiger partial charge on any atom is -0.358 e. The second-order valence-corrected chi connectivity index (χ2v) is 13.0. The molecule has 0 spiro atoms. The molecule has 4 atom stereocenters. The first-order valence-corrected chi connectivity index (χ1v) is 16.4. The highest BCUT2D eigenvalue weighted by atomic mass is 16.8. The van der Waals surface area contributed by atoms with E-state index < -0.39 is 29.8 Å². The standard InChI is InChI=1S/C37H40N6O4/c1-36(2)46-31-29(23-44-37(26-13-7-4-8-14-26,27-15-9-5-10-16-27)28-17-11-6-12-18-28)45-35(32(31)47-36)43-25-40-30-33(38-24-39-34(30)43)42-21-19-41(3)20-22-42/h4-18,24-25,29,31-32,35H,19-23H2,1-3H3/t29-,31-,32-,35-/m1/s1. The molecule has 2 aromatic heterocycles. The maximum atomic E-state index is 7.19. The van der Waals surface area contributed by atoms with E-state index in [0.29, 0.717) is 5.65 Å². The Morgan fingerprint density at radius 1 is 0.766 bits per heavy atom. The van der Waals surface area contributed by atoms with Gasteiger partial charge in [0.05, 0.1) is 12.9 Å². The van der Waals surface area contributed by atoms with E-state index in [2.05, 4.69) is 99.6 Å². The quantitative estimate of drug-likeness (QED) is 0.219. The second-order valence-electron chi connectivity index (χ2n) is 13.0. The van der Waals surface area contributed by atoms with E-state index in [-0.39, 0.29) is 12.7 Å². The molecule has 3 aromatic carbocycles. The summed E-state index contributed by atoms with van der Waals surface area (Å²) >= 11 is 0. The van der Waals surface area contributed by atoms with Crippen molar-refractivity contribution in [3.63, 3.8) is 0 Å². The fourth-order valence-electron chi connectivity index (χ4n) is 7.27. The van der Waals surface area contributed by atoms with Crippen LogP contribution in [-0.4, -0.2) is 88.4 Å². The predicted octanol–water partition coefficient (Wildman–Crippen LogP) is 5.00. The molecule has 0 radical (unpaired) electrons. The zero-order valence-electron chi connectivity index (χ0n) is 27.0. The van der Waals surface area contributed by atoms with E-state index in [1.807, 2.05) is 36.6 Å². The van der Waals surface area contributed by atoms with Gasteiger partial charge in [0.15, 0.2) is 29.0 Å². The highest BCUT2D eigenvalue weighted by molar-refractivity contribution is 5.83. The summed E-state index contributed by atoms with van der Waals surface area (Å²) in [6, 6.07) is 31.1. The molecule has 3 aliphatic heterocycles. The summed E-state index contributed by atoms with van der Waals surface area (Å²) in [6.45, 7) is 7.86. The highest BCUT2D eigenvalue weighted by Crippen LogP contribution is 2.46. The summed E-state index contributed by atoms with van der Waals surface area (Å²) in [4.78, 5) is 18.7. The van der Waals surface area contributed by atoms with E-state index in [9.17, 15) is 0 Å². The van der Waals surface area contributed by atoms with Crippen LogP contribution in [0.5, 0.6) is 0 Å². The minimum atomic E-state index is -0.887. The summed E-state index contributed by atoms with van der Waals surface area (Å²) in [7, 11) is 2.14. The third-order valence-corrected chi connectivity index (χ3v) is 9.55. The number of ether oxygens (including phenoxy) is 4. The molecular formula is C37H40N6O4. The van der Waals surface area contributed by atoms with Crippen molar-refractivity contribution in [2.45, 2.75) is 49.8 Å². The SMILES string of the molecule is CN1CCN(c2ncnc3c2ncn3[C@@H]2O[C@H](COC(c3ccccc3)(c3ccccc3)c3ccccc3)[C@H]3OC(C)(C)O[C@H]32)CC1. The number of likely N-dealkylation sites (N-methyl/N-ethyl adjacent to an activating group) is 1. The van der Waals surface area contributed by atoms with E-state index in [1.54, 1.807) is 12.7 Å². The van der Waals surface area contributed by atoms with Crippen LogP contribution in [-0.2, 0) is 24.5 Å². The fourth-order valence-corrected chi connectivity index (χ4v) is 7.27. The molecule has 47 heavy (non-hydrogen) atoms. The van der Waals surface area contributed by atoms with Gasteiger partial charge in [-0.25, -0.2) is 15.0 Å². The number of anilines is 1. The molecule has 242 valence electrons. The number of fused-ring (bicyclic) bond motifs is 2. The van der Waals surface area contributed by atoms with Crippen LogP contribution in [0.25, 0.3) is 11.2 Å². The minimum absolute atomic E-state index is 0.254. The number of nitrogens with zero attached hydrogens (tertiary/aromatic N) is 6. The smallest absolute Gasteiger partial charge is 0.167 e. The van der Waals surface area contributed by atoms with Gasteiger partial charge in [0, 0.05) is 26.2 Å². The molecule has 0 bridgehead atoms. The summed E-state index contributed by atoms with van der Waals surface area (Å²) in [5.74, 6) is 0.0556. The summed E-state index contributed by atoms with van der Waals surface area (Å²) < 4.78 is 29.1. The molecule has 0 saturated carbocycles. The van der Waals surface area contributed by atoms with E-state index in [1.165, 1.54) is 0 Å². The lowest BCUT2D eigenvalue weighted by Gasteiger charge is -2.37. The van der Waals surface area contributed by atoms with E-state index in [4.69, 9.17) is 23.9 Å². The molecule has 0 unspecified atom stereocenters. The lowest BCUT2D eigenvalue weighted by molar-refractivity contribution is -0.204. The van der Waals surface area contributed by atoms with Gasteiger partial charge in [-0.05, 0) is 37.6 Å². The van der Waals surface area contributed by atoms with Crippen LogP contribution in [0.2, 0.25) is 0 Å². The Balaban J connectivity index is 1.15. The van der Waals surface area contributed by atoms with Crippen molar-refractivity contribution >= 4 is 17.0 Å². The Bertz CT molecular complexity index is 1710. The number of rotatable bonds is 8. The fraction of sp³-hybridized carbons (Fsp3) is 0.378. The van der Waals surface area contributed by atoms with Crippen molar-refractivity contribution < 1.29 is 18.9 Å². The average Bonchev–Trinajstić information content (AvgIpc) is 3.77. The van der Waals surface area contributed by atoms with Crippen molar-refractivity contribution in [3.8, 4) is 0 Å². The van der Waals surface area contributed by atoms with E-state index in [0.717, 1.165) is 54.2 Å². The van der Waals surface area contributed by atoms with Gasteiger partial charge in [-0.3, -0.25) is 4.57 Å². The van der Waals surface area contributed by atoms with Crippen LogP contribution in [0.1, 0.15) is 36.8 Å². The van der Waals surface area contributed by atoms with Gasteiger partial charge >= 0.3 is 0 Å². The van der Waals surface area contributed by atoms with Crippen molar-refractivity contribution in [1.82, 2.24) is 24.4 Å². The normalized spacial score (nSPS) is 24.5. The molecule has 10 nitrogen and oxygen atoms in total. The number of hydrogen-bond donors (Lipinski definition) is 0. The number of imidazole rings is 1. The Labute approximate surface area is 274 Å². The van der Waals surface area contributed by atoms with Crippen LogP contribution < -0.4 is 4.90 Å². The monoisotopic (exact) mass is 632 g/mol. The Morgan fingerprint density at radius 3 is 1.94 bits per heavy atom. The Hall–Kier alpha value is -4.19. The molecule has 5 heterocycles. The first kappa shape index (κ1) is 30.2. The summed E-state index contributed by atoms with van der Waals surface area (Å²) in [6.07, 6.45) is 1.70. The maximum absolute atomic E-state index is 7.19. The maximum Gasteiger partial charge on any atom is 0.167 e. The average molecular weight is 633 g/mol. The molecular weight excluding hydrogens is 592 g/mol. The molecule has 3 fully saturated rings. The molecule has 10 heteroatoms. The van der Waals surface area contributed by atoms with Crippen LogP contribution in [0, 0.1) is 0 Å². The molecule has 0 aliphatic carbocycles. The van der Waals surface area contributed by atoms with Crippen molar-refractivity contribution in [2.24, 2.45) is 0 Å². The zero-order valence-corrected chi connectivity index (χ0v) is 27.0. The third kappa shape index (κ3) is 5.40. The molecule has 8 rings (SSSR count). The molecule has 0 amide bonds. The van der Waals surface area contributed by atoms with Gasteiger partial charge in [-0.15, -0.1) is 0 Å². The van der Waals surface area contributed by atoms with Gasteiger partial charge < -0.3 is 28.7 Å². The van der Waals surface area contributed by atoms with Crippen molar-refractivity contribution in [1.29, 1.82) is 0 Å². The Kier molecular flexibility index (Phi) is 7.78. The predicted molar refractivity (Wildman–Crippen MR) is 178 cm³/mol. The lowest BCUT2D eigenvalue weighted by atomic mass is 9.80. The number of piperazine rings is 1. The summed E-state index contributed by atoms with van der Waals surface area (Å²) in [5.41, 5.74) is 3.66. The van der Waals surface area contributed by atoms with Gasteiger partial charge in [0.25, 0.3) is 0 Å². The molecule has 5 aromatic rings. The molecule has 0 N–H and O–H groups in total. The highest BCUT2D eigenvalue weighted by Gasteiger charge is 2.57. The first-order valence-electron chi connectivity index (χ1n) is 16.4. The largest absolute Gasteiger partial charge is 0.358 e. The summed E-state index contributed by atoms with van der Waals surface area (Å²) in [5, 5.41) is 0. The van der Waals surface area contributed by atoms with E-state index >= 15 is 0 Å². The van der Waals surface area contributed by atoms with Gasteiger partial charge in [0.2, 0.25) is 0 Å². The number of benzene rings is 3. The number of hydrogen-bond acceptors (Lipinski definition) is 9. The van der Waals surface area contributed by atoms with Gasteiger partial charge in [0.1, 0.15) is 30.2 Å². The van der Waals surface area contributed by atoms with Crippen molar-refractivity contribution in [2.75, 3.05) is 44.7 Å². The van der Waals surface area contributed by atoms with Crippen LogP contribution in [0.4, 0.5) is 5.82 Å². The van der Waals surface area contributed by atoms with Gasteiger partial charge in [-0.2, -0.15) is 0 Å². The topological polar surface area (TPSA) is 87.0 Å². The van der Waals surface area contributed by atoms with Gasteiger partial charge in [-0.1, -0.05) is 91.0 Å². The van der Waals surface area contributed by atoms with Crippen molar-refractivity contribution in [3.05, 3.63) is 120 Å². The van der Waals surface area contributed by atoms with Crippen LogP contribution in [0.15, 0.2) is 104 Å². The number of aromatic nitrogens is 4. The van der Waals surface area contributed by atoms with Crippen LogP contribution >= 0.6 is 0 Å². The molecule has 3 saturated heterocycles. The second kappa shape index (κ2) is 12.1. The lowest BCUT2D eigenvalue weighted by Crippen LogP contribution is -2.44. The first-order chi connectivity index (χ1) is 22.9. The van der Waals surface area contributed by atoms with Crippen LogP contribution in [0.3, 0.4) is 0 Å². The zero-order chi connectivity index (χ0) is 32.0. The molecule has 3 aliphatic rings. The Morgan fingerprint density at radius 2 is 1.34 bits per heavy atom.